The second kappa shape index (κ2) is 7.02. The largest absolute Gasteiger partial charge is 0.497 e. The van der Waals surface area contributed by atoms with Crippen LogP contribution in [-0.4, -0.2) is 29.2 Å². The maximum absolute atomic E-state index is 12.8. The number of amides is 2. The lowest BCUT2D eigenvalue weighted by molar-refractivity contribution is -0.121. The van der Waals surface area contributed by atoms with Gasteiger partial charge >= 0.3 is 0 Å². The van der Waals surface area contributed by atoms with Gasteiger partial charge in [0.25, 0.3) is 0 Å². The molecule has 26 heavy (non-hydrogen) atoms. The molecule has 1 fully saturated rings. The van der Waals surface area contributed by atoms with Crippen molar-refractivity contribution >= 4 is 66.7 Å². The van der Waals surface area contributed by atoms with Crippen LogP contribution in [0.4, 0.5) is 5.69 Å². The van der Waals surface area contributed by atoms with E-state index in [2.05, 4.69) is 20.9 Å². The minimum atomic E-state index is -0.450. The van der Waals surface area contributed by atoms with Crippen LogP contribution in [0.5, 0.6) is 5.75 Å². The Labute approximate surface area is 166 Å². The summed E-state index contributed by atoms with van der Waals surface area (Å²) in [5.74, 6) is 0.365. The van der Waals surface area contributed by atoms with Gasteiger partial charge in [0.05, 0.1) is 23.0 Å². The summed E-state index contributed by atoms with van der Waals surface area (Å²) in [6, 6.07) is 12.9. The van der Waals surface area contributed by atoms with Gasteiger partial charge in [0.2, 0.25) is 11.8 Å². The van der Waals surface area contributed by atoms with Crippen LogP contribution in [0.3, 0.4) is 0 Å². The van der Waals surface area contributed by atoms with Gasteiger partial charge in [-0.3, -0.25) is 9.59 Å². The van der Waals surface area contributed by atoms with Crippen LogP contribution < -0.4 is 9.64 Å². The molecule has 8 heteroatoms. The Morgan fingerprint density at radius 2 is 2.00 bits per heavy atom. The Bertz CT molecular complexity index is 1000. The van der Waals surface area contributed by atoms with Crippen LogP contribution >= 0.6 is 39.0 Å². The standard InChI is InChI=1S/C18H13BrN2O3S2/c1-24-12-6-7-14-13(8-12)20-18(25-14)26-15-9-16(22)21(17(15)23)11-4-2-10(19)3-5-11/h2-8,15H,9H2,1H3. The smallest absolute Gasteiger partial charge is 0.247 e. The summed E-state index contributed by atoms with van der Waals surface area (Å²) < 4.78 is 7.91. The van der Waals surface area contributed by atoms with E-state index in [1.54, 1.807) is 19.2 Å². The topological polar surface area (TPSA) is 59.5 Å². The highest BCUT2D eigenvalue weighted by atomic mass is 79.9. The number of methoxy groups -OCH3 is 1. The molecule has 1 unspecified atom stereocenters. The van der Waals surface area contributed by atoms with Crippen LogP contribution in [0.2, 0.25) is 0 Å². The van der Waals surface area contributed by atoms with Crippen molar-refractivity contribution in [3.8, 4) is 5.75 Å². The highest BCUT2D eigenvalue weighted by Crippen LogP contribution is 2.38. The number of thiazole rings is 1. The van der Waals surface area contributed by atoms with Crippen LogP contribution in [0, 0.1) is 0 Å². The summed E-state index contributed by atoms with van der Waals surface area (Å²) in [5.41, 5.74) is 1.43. The van der Waals surface area contributed by atoms with Gasteiger partial charge in [0, 0.05) is 17.0 Å². The van der Waals surface area contributed by atoms with E-state index >= 15 is 0 Å². The second-order valence-electron chi connectivity index (χ2n) is 5.67. The Kier molecular flexibility index (Phi) is 4.73. The third-order valence-electron chi connectivity index (χ3n) is 4.01. The number of carbonyl (C=O) groups is 2. The molecule has 4 rings (SSSR count). The zero-order valence-electron chi connectivity index (χ0n) is 13.6. The van der Waals surface area contributed by atoms with Crippen molar-refractivity contribution in [3.63, 3.8) is 0 Å². The van der Waals surface area contributed by atoms with Gasteiger partial charge in [-0.1, -0.05) is 27.7 Å². The van der Waals surface area contributed by atoms with Gasteiger partial charge in [-0.05, 0) is 36.4 Å². The molecular formula is C18H13BrN2O3S2. The number of halogens is 1. The molecule has 0 bridgehead atoms. The summed E-state index contributed by atoms with van der Waals surface area (Å²) in [4.78, 5) is 31.0. The predicted octanol–water partition coefficient (Wildman–Crippen LogP) is 4.49. The van der Waals surface area contributed by atoms with E-state index < -0.39 is 5.25 Å². The third-order valence-corrected chi connectivity index (χ3v) is 6.85. The van der Waals surface area contributed by atoms with E-state index in [1.807, 2.05) is 30.3 Å². The van der Waals surface area contributed by atoms with E-state index in [0.29, 0.717) is 5.69 Å². The van der Waals surface area contributed by atoms with Crippen molar-refractivity contribution < 1.29 is 14.3 Å². The zero-order valence-corrected chi connectivity index (χ0v) is 16.9. The molecule has 0 N–H and O–H groups in total. The average Bonchev–Trinajstić information content (AvgIpc) is 3.15. The number of hydrogen-bond acceptors (Lipinski definition) is 6. The molecule has 0 spiro atoms. The molecule has 132 valence electrons. The van der Waals surface area contributed by atoms with Gasteiger partial charge in [-0.25, -0.2) is 9.88 Å². The summed E-state index contributed by atoms with van der Waals surface area (Å²) in [5, 5.41) is -0.450. The minimum Gasteiger partial charge on any atom is -0.497 e. The molecule has 3 aromatic rings. The first-order valence-corrected chi connectivity index (χ1v) is 10.3. The van der Waals surface area contributed by atoms with E-state index in [4.69, 9.17) is 4.74 Å². The van der Waals surface area contributed by atoms with Crippen LogP contribution in [0.25, 0.3) is 10.2 Å². The number of rotatable bonds is 4. The lowest BCUT2D eigenvalue weighted by Crippen LogP contribution is -2.31. The van der Waals surface area contributed by atoms with Gasteiger partial charge in [-0.2, -0.15) is 0 Å². The summed E-state index contributed by atoms with van der Waals surface area (Å²) in [6.07, 6.45) is 0.179. The van der Waals surface area contributed by atoms with E-state index in [-0.39, 0.29) is 18.2 Å². The molecular weight excluding hydrogens is 436 g/mol. The van der Waals surface area contributed by atoms with Crippen molar-refractivity contribution in [1.82, 2.24) is 4.98 Å². The van der Waals surface area contributed by atoms with Crippen molar-refractivity contribution in [2.75, 3.05) is 12.0 Å². The van der Waals surface area contributed by atoms with E-state index in [0.717, 1.165) is 24.8 Å². The summed E-state index contributed by atoms with van der Waals surface area (Å²) in [7, 11) is 1.61. The first-order valence-electron chi connectivity index (χ1n) is 7.79. The molecule has 0 aliphatic carbocycles. The Morgan fingerprint density at radius 3 is 2.73 bits per heavy atom. The number of nitrogens with zero attached hydrogens (tertiary/aromatic N) is 2. The molecule has 1 aromatic heterocycles. The molecule has 0 saturated carbocycles. The molecule has 2 amide bonds. The lowest BCUT2D eigenvalue weighted by atomic mass is 10.3. The fraction of sp³-hybridized carbons (Fsp3) is 0.167. The maximum Gasteiger partial charge on any atom is 0.247 e. The SMILES string of the molecule is COc1ccc2sc(SC3CC(=O)N(c4ccc(Br)cc4)C3=O)nc2c1. The van der Waals surface area contributed by atoms with Crippen LogP contribution in [0.15, 0.2) is 51.3 Å². The van der Waals surface area contributed by atoms with E-state index in [1.165, 1.54) is 28.0 Å². The number of aromatic nitrogens is 1. The van der Waals surface area contributed by atoms with Gasteiger partial charge < -0.3 is 4.74 Å². The fourth-order valence-corrected chi connectivity index (χ4v) is 5.32. The maximum atomic E-state index is 12.8. The van der Waals surface area contributed by atoms with E-state index in [9.17, 15) is 9.59 Å². The summed E-state index contributed by atoms with van der Waals surface area (Å²) >= 11 is 6.22. The third kappa shape index (κ3) is 3.24. The Morgan fingerprint density at radius 1 is 1.23 bits per heavy atom. The van der Waals surface area contributed by atoms with Crippen LogP contribution in [0.1, 0.15) is 6.42 Å². The Balaban J connectivity index is 1.56. The second-order valence-corrected chi connectivity index (χ2v) is 9.06. The monoisotopic (exact) mass is 448 g/mol. The lowest BCUT2D eigenvalue weighted by Gasteiger charge is -2.14. The number of benzene rings is 2. The molecule has 5 nitrogen and oxygen atoms in total. The zero-order chi connectivity index (χ0) is 18.3. The normalized spacial score (nSPS) is 17.3. The number of hydrogen-bond donors (Lipinski definition) is 0. The van der Waals surface area contributed by atoms with Crippen LogP contribution in [-0.2, 0) is 9.59 Å². The van der Waals surface area contributed by atoms with Gasteiger partial charge in [0.1, 0.15) is 11.0 Å². The number of ether oxygens (including phenoxy) is 1. The molecule has 1 aliphatic rings. The fourth-order valence-electron chi connectivity index (χ4n) is 2.74. The average molecular weight is 449 g/mol. The number of thioether (sulfide) groups is 1. The Hall–Kier alpha value is -1.90. The van der Waals surface area contributed by atoms with Crippen molar-refractivity contribution in [1.29, 1.82) is 0 Å². The number of imide groups is 1. The van der Waals surface area contributed by atoms with Gasteiger partial charge in [0.15, 0.2) is 4.34 Å². The highest BCUT2D eigenvalue weighted by molar-refractivity contribution is 9.10. The number of anilines is 1. The minimum absolute atomic E-state index is 0.179. The van der Waals surface area contributed by atoms with Crippen molar-refractivity contribution in [2.24, 2.45) is 0 Å². The van der Waals surface area contributed by atoms with Crippen molar-refractivity contribution in [3.05, 3.63) is 46.9 Å². The molecule has 2 aromatic carbocycles. The van der Waals surface area contributed by atoms with Crippen molar-refractivity contribution in [2.45, 2.75) is 16.0 Å². The highest BCUT2D eigenvalue weighted by Gasteiger charge is 2.40. The molecule has 2 heterocycles. The predicted molar refractivity (Wildman–Crippen MR) is 107 cm³/mol. The van der Waals surface area contributed by atoms with Gasteiger partial charge in [-0.15, -0.1) is 11.3 Å². The molecule has 1 atom stereocenters. The molecule has 0 radical (unpaired) electrons. The molecule has 1 aliphatic heterocycles. The first-order chi connectivity index (χ1) is 12.5. The number of carbonyl (C=O) groups excluding carboxylic acids is 2. The quantitative estimate of drug-likeness (QED) is 0.550. The first kappa shape index (κ1) is 17.5. The number of fused-ring (bicyclic) bond motifs is 1. The molecule has 1 saturated heterocycles. The summed E-state index contributed by atoms with van der Waals surface area (Å²) in [6.45, 7) is 0.